The molecule has 4 aromatic rings. The van der Waals surface area contributed by atoms with Crippen molar-refractivity contribution in [3.8, 4) is 5.82 Å². The summed E-state index contributed by atoms with van der Waals surface area (Å²) in [6.07, 6.45) is 3.54. The predicted molar refractivity (Wildman–Crippen MR) is 110 cm³/mol. The van der Waals surface area contributed by atoms with Gasteiger partial charge in [0.05, 0.1) is 22.3 Å². The smallest absolute Gasteiger partial charge is 0.267 e. The highest BCUT2D eigenvalue weighted by Gasteiger charge is 2.17. The van der Waals surface area contributed by atoms with Gasteiger partial charge in [0.15, 0.2) is 10.9 Å². The fourth-order valence-electron chi connectivity index (χ4n) is 2.96. The van der Waals surface area contributed by atoms with Crippen LogP contribution in [-0.4, -0.2) is 30.6 Å². The van der Waals surface area contributed by atoms with E-state index in [9.17, 15) is 9.59 Å². The van der Waals surface area contributed by atoms with Crippen molar-refractivity contribution in [2.45, 2.75) is 12.1 Å². The molecule has 3 heterocycles. The van der Waals surface area contributed by atoms with Crippen LogP contribution in [0.25, 0.3) is 16.7 Å². The van der Waals surface area contributed by atoms with Crippen LogP contribution in [0.2, 0.25) is 0 Å². The van der Waals surface area contributed by atoms with E-state index in [1.807, 2.05) is 44.4 Å². The van der Waals surface area contributed by atoms with Gasteiger partial charge in [-0.1, -0.05) is 30.0 Å². The molecule has 4 rings (SSSR count). The van der Waals surface area contributed by atoms with Crippen molar-refractivity contribution >= 4 is 28.4 Å². The summed E-state index contributed by atoms with van der Waals surface area (Å²) in [5.41, 5.74) is 2.02. The first-order valence-corrected chi connectivity index (χ1v) is 9.75. The molecular formula is C21H18N4O2S. The lowest BCUT2D eigenvalue weighted by molar-refractivity contribution is 0.101. The Hall–Kier alpha value is -3.19. The molecule has 0 amide bonds. The lowest BCUT2D eigenvalue weighted by atomic mass is 10.2. The number of pyridine rings is 1. The number of hydrogen-bond donors (Lipinski definition) is 0. The molecule has 0 aliphatic rings. The molecule has 7 heteroatoms. The lowest BCUT2D eigenvalue weighted by Crippen LogP contribution is -2.23. The van der Waals surface area contributed by atoms with E-state index in [1.54, 1.807) is 35.0 Å². The van der Waals surface area contributed by atoms with Crippen LogP contribution < -0.4 is 5.56 Å². The summed E-state index contributed by atoms with van der Waals surface area (Å²) in [5, 5.41) is 0.964. The van der Waals surface area contributed by atoms with Crippen molar-refractivity contribution < 1.29 is 4.79 Å². The number of rotatable bonds is 5. The maximum atomic E-state index is 13.1. The SMILES string of the molecule is Cc1ccc(-n2c(SCC(=O)c3cccn3C)nc3ccccc3c2=O)nc1. The quantitative estimate of drug-likeness (QED) is 0.297. The Labute approximate surface area is 165 Å². The van der Waals surface area contributed by atoms with Gasteiger partial charge in [-0.25, -0.2) is 14.5 Å². The number of para-hydroxylation sites is 1. The number of carbonyl (C=O) groups excluding carboxylic acids is 1. The van der Waals surface area contributed by atoms with Gasteiger partial charge in [-0.05, 0) is 42.8 Å². The number of carbonyl (C=O) groups is 1. The zero-order chi connectivity index (χ0) is 19.7. The Morgan fingerprint density at radius 3 is 2.64 bits per heavy atom. The number of aromatic nitrogens is 4. The Balaban J connectivity index is 1.78. The van der Waals surface area contributed by atoms with E-state index < -0.39 is 0 Å². The summed E-state index contributed by atoms with van der Waals surface area (Å²) in [6.45, 7) is 1.94. The molecule has 140 valence electrons. The third kappa shape index (κ3) is 3.36. The molecule has 6 nitrogen and oxygen atoms in total. The number of aryl methyl sites for hydroxylation is 2. The van der Waals surface area contributed by atoms with E-state index in [0.29, 0.717) is 27.6 Å². The molecule has 0 spiro atoms. The summed E-state index contributed by atoms with van der Waals surface area (Å²) in [5.74, 6) is 0.639. The van der Waals surface area contributed by atoms with E-state index in [1.165, 1.54) is 16.3 Å². The summed E-state index contributed by atoms with van der Waals surface area (Å²) < 4.78 is 3.26. The third-order valence-corrected chi connectivity index (χ3v) is 5.37. The van der Waals surface area contributed by atoms with Crippen LogP contribution in [0.1, 0.15) is 16.1 Å². The van der Waals surface area contributed by atoms with Crippen LogP contribution in [0.4, 0.5) is 0 Å². The monoisotopic (exact) mass is 390 g/mol. The van der Waals surface area contributed by atoms with Crippen molar-refractivity contribution in [2.75, 3.05) is 5.75 Å². The molecule has 0 bridgehead atoms. The van der Waals surface area contributed by atoms with Gasteiger partial charge in [-0.15, -0.1) is 0 Å². The summed E-state index contributed by atoms with van der Waals surface area (Å²) in [7, 11) is 1.83. The van der Waals surface area contributed by atoms with E-state index in [2.05, 4.69) is 9.97 Å². The highest BCUT2D eigenvalue weighted by molar-refractivity contribution is 7.99. The minimum absolute atomic E-state index is 0.0247. The summed E-state index contributed by atoms with van der Waals surface area (Å²) in [6, 6.07) is 14.5. The molecule has 0 aliphatic heterocycles. The summed E-state index contributed by atoms with van der Waals surface area (Å²) >= 11 is 1.24. The van der Waals surface area contributed by atoms with Gasteiger partial charge in [0, 0.05) is 19.4 Å². The van der Waals surface area contributed by atoms with Gasteiger partial charge in [0.2, 0.25) is 0 Å². The first-order chi connectivity index (χ1) is 13.5. The zero-order valence-electron chi connectivity index (χ0n) is 15.5. The van der Waals surface area contributed by atoms with Gasteiger partial charge in [-0.2, -0.15) is 0 Å². The molecule has 0 fully saturated rings. The number of ketones is 1. The highest BCUT2D eigenvalue weighted by atomic mass is 32.2. The van der Waals surface area contributed by atoms with Crippen LogP contribution in [0, 0.1) is 6.92 Å². The highest BCUT2D eigenvalue weighted by Crippen LogP contribution is 2.21. The molecule has 0 N–H and O–H groups in total. The number of hydrogen-bond acceptors (Lipinski definition) is 5. The minimum Gasteiger partial charge on any atom is -0.348 e. The van der Waals surface area contributed by atoms with Crippen LogP contribution >= 0.6 is 11.8 Å². The second kappa shape index (κ2) is 7.44. The first kappa shape index (κ1) is 18.2. The molecule has 1 aromatic carbocycles. The third-order valence-electron chi connectivity index (χ3n) is 4.43. The molecule has 0 saturated carbocycles. The van der Waals surface area contributed by atoms with Crippen molar-refractivity contribution in [1.82, 2.24) is 19.1 Å². The van der Waals surface area contributed by atoms with E-state index in [4.69, 9.17) is 0 Å². The summed E-state index contributed by atoms with van der Waals surface area (Å²) in [4.78, 5) is 34.7. The Bertz CT molecular complexity index is 1230. The molecule has 0 saturated heterocycles. The second-order valence-electron chi connectivity index (χ2n) is 6.46. The zero-order valence-corrected chi connectivity index (χ0v) is 16.3. The lowest BCUT2D eigenvalue weighted by Gasteiger charge is -2.12. The van der Waals surface area contributed by atoms with Crippen molar-refractivity contribution in [3.63, 3.8) is 0 Å². The fraction of sp³-hybridized carbons (Fsp3) is 0.143. The minimum atomic E-state index is -0.198. The van der Waals surface area contributed by atoms with Crippen molar-refractivity contribution in [1.29, 1.82) is 0 Å². The standard InChI is InChI=1S/C21H18N4O2S/c1-14-9-10-19(22-12-14)25-20(27)15-6-3-4-7-16(15)23-21(25)28-13-18(26)17-8-5-11-24(17)2/h3-12H,13H2,1-2H3. The average Bonchev–Trinajstić information content (AvgIpc) is 3.13. The normalized spacial score (nSPS) is 11.1. The number of thioether (sulfide) groups is 1. The van der Waals surface area contributed by atoms with Crippen LogP contribution in [0.15, 0.2) is 70.9 Å². The van der Waals surface area contributed by atoms with E-state index in [-0.39, 0.29) is 17.1 Å². The molecule has 0 unspecified atom stereocenters. The Morgan fingerprint density at radius 1 is 1.11 bits per heavy atom. The van der Waals surface area contributed by atoms with E-state index in [0.717, 1.165) is 5.56 Å². The van der Waals surface area contributed by atoms with Gasteiger partial charge in [0.1, 0.15) is 5.82 Å². The molecule has 0 radical (unpaired) electrons. The maximum Gasteiger partial charge on any atom is 0.267 e. The number of Topliss-reactive ketones (excluding diaryl/α,β-unsaturated/α-hetero) is 1. The van der Waals surface area contributed by atoms with Gasteiger partial charge >= 0.3 is 0 Å². The second-order valence-corrected chi connectivity index (χ2v) is 7.40. The Kier molecular flexibility index (Phi) is 4.83. The largest absolute Gasteiger partial charge is 0.348 e. The molecular weight excluding hydrogens is 372 g/mol. The van der Waals surface area contributed by atoms with Crippen LogP contribution in [0.3, 0.4) is 0 Å². The molecule has 28 heavy (non-hydrogen) atoms. The Morgan fingerprint density at radius 2 is 1.93 bits per heavy atom. The van der Waals surface area contributed by atoms with E-state index >= 15 is 0 Å². The predicted octanol–water partition coefficient (Wildman–Crippen LogP) is 3.40. The van der Waals surface area contributed by atoms with Gasteiger partial charge < -0.3 is 4.57 Å². The maximum absolute atomic E-state index is 13.1. The molecule has 0 aliphatic carbocycles. The van der Waals surface area contributed by atoms with Gasteiger partial charge in [0.25, 0.3) is 5.56 Å². The number of nitrogens with zero attached hydrogens (tertiary/aromatic N) is 4. The van der Waals surface area contributed by atoms with Crippen LogP contribution in [0.5, 0.6) is 0 Å². The topological polar surface area (TPSA) is 69.8 Å². The number of fused-ring (bicyclic) bond motifs is 1. The molecule has 0 atom stereocenters. The van der Waals surface area contributed by atoms with Crippen molar-refractivity contribution in [2.24, 2.45) is 7.05 Å². The van der Waals surface area contributed by atoms with Crippen molar-refractivity contribution in [3.05, 3.63) is 82.5 Å². The molecule has 3 aromatic heterocycles. The number of benzene rings is 1. The fourth-order valence-corrected chi connectivity index (χ4v) is 3.83. The average molecular weight is 390 g/mol. The first-order valence-electron chi connectivity index (χ1n) is 8.77. The van der Waals surface area contributed by atoms with Crippen LogP contribution in [-0.2, 0) is 7.05 Å². The van der Waals surface area contributed by atoms with Gasteiger partial charge in [-0.3, -0.25) is 9.59 Å².